The fraction of sp³-hybridized carbons (Fsp3) is 0.611. The molecule has 0 fully saturated rings. The van der Waals surface area contributed by atoms with Gasteiger partial charge in [0.05, 0.1) is 19.8 Å². The van der Waals surface area contributed by atoms with Gasteiger partial charge in [-0.05, 0) is 26.3 Å². The van der Waals surface area contributed by atoms with Gasteiger partial charge in [0.1, 0.15) is 5.69 Å². The molecule has 0 aliphatic heterocycles. The van der Waals surface area contributed by atoms with E-state index in [1.54, 1.807) is 41.7 Å². The number of methoxy groups -OCH3 is 2. The van der Waals surface area contributed by atoms with Crippen LogP contribution in [0.2, 0.25) is 0 Å². The van der Waals surface area contributed by atoms with Gasteiger partial charge < -0.3 is 19.4 Å². The van der Waals surface area contributed by atoms with Gasteiger partial charge in [-0.1, -0.05) is 13.8 Å². The van der Waals surface area contributed by atoms with Crippen LogP contribution in [0, 0.1) is 19.8 Å². The van der Waals surface area contributed by atoms with Crippen molar-refractivity contribution in [3.8, 4) is 0 Å². The van der Waals surface area contributed by atoms with Crippen LogP contribution in [0.15, 0.2) is 0 Å². The molecule has 7 nitrogen and oxygen atoms in total. The predicted octanol–water partition coefficient (Wildman–Crippen LogP) is 2.12. The molecule has 1 amide bonds. The van der Waals surface area contributed by atoms with Crippen molar-refractivity contribution in [3.63, 3.8) is 0 Å². The van der Waals surface area contributed by atoms with Crippen LogP contribution in [0.25, 0.3) is 0 Å². The Hall–Kier alpha value is -2.15. The van der Waals surface area contributed by atoms with E-state index in [0.717, 1.165) is 0 Å². The van der Waals surface area contributed by atoms with Crippen LogP contribution in [-0.4, -0.2) is 61.0 Å². The van der Waals surface area contributed by atoms with Crippen LogP contribution in [-0.2, 0) is 14.3 Å². The largest absolute Gasteiger partial charge is 0.464 e. The Morgan fingerprint density at radius 3 is 2.20 bits per heavy atom. The Balaban J connectivity index is 3.21. The van der Waals surface area contributed by atoms with Crippen LogP contribution < -0.4 is 0 Å². The first kappa shape index (κ1) is 20.9. The summed E-state index contributed by atoms with van der Waals surface area (Å²) in [5.74, 6) is -1.09. The van der Waals surface area contributed by atoms with Crippen LogP contribution in [0.1, 0.15) is 52.9 Å². The van der Waals surface area contributed by atoms with Crippen LogP contribution in [0.5, 0.6) is 0 Å². The van der Waals surface area contributed by atoms with E-state index in [9.17, 15) is 14.4 Å². The third kappa shape index (κ3) is 4.48. The molecular weight excluding hydrogens is 324 g/mol. The topological polar surface area (TPSA) is 88.7 Å². The number of carbonyl (C=O) groups excluding carboxylic acids is 3. The van der Waals surface area contributed by atoms with Crippen LogP contribution in [0.4, 0.5) is 0 Å². The van der Waals surface area contributed by atoms with Crippen LogP contribution >= 0.6 is 0 Å². The minimum absolute atomic E-state index is 0.114. The lowest BCUT2D eigenvalue weighted by Gasteiger charge is -2.30. The van der Waals surface area contributed by atoms with Crippen molar-refractivity contribution < 1.29 is 23.9 Å². The minimum atomic E-state index is -0.663. The number of esters is 1. The second-order valence-corrected chi connectivity index (χ2v) is 6.34. The minimum Gasteiger partial charge on any atom is -0.464 e. The van der Waals surface area contributed by atoms with E-state index in [-0.39, 0.29) is 23.3 Å². The molecule has 0 saturated heterocycles. The van der Waals surface area contributed by atoms with Crippen molar-refractivity contribution in [1.82, 2.24) is 9.88 Å². The van der Waals surface area contributed by atoms with Gasteiger partial charge in [0.15, 0.2) is 5.78 Å². The molecule has 0 radical (unpaired) electrons. The Labute approximate surface area is 148 Å². The molecule has 1 heterocycles. The number of aromatic nitrogens is 1. The normalized spacial score (nSPS) is 12.2. The average Bonchev–Trinajstić information content (AvgIpc) is 2.87. The lowest BCUT2D eigenvalue weighted by atomic mass is 9.99. The molecule has 0 aromatic carbocycles. The number of hydrogen-bond acceptors (Lipinski definition) is 5. The highest BCUT2D eigenvalue weighted by Crippen LogP contribution is 2.22. The maximum atomic E-state index is 13.0. The number of H-pyrrole nitrogens is 1. The van der Waals surface area contributed by atoms with E-state index in [1.807, 2.05) is 0 Å². The number of amides is 1. The summed E-state index contributed by atoms with van der Waals surface area (Å²) in [6.07, 6.45) is 0. The zero-order valence-electron chi connectivity index (χ0n) is 16.1. The first-order valence-corrected chi connectivity index (χ1v) is 8.28. The number of hydrogen-bond donors (Lipinski definition) is 1. The SMILES string of the molecule is COCCN(C(=O)C(C)C)[C@H](C)C(=O)c1c(C)[nH]c(C(=O)OC)c1C. The van der Waals surface area contributed by atoms with E-state index in [2.05, 4.69) is 4.98 Å². The number of ketones is 1. The number of nitrogens with zero attached hydrogens (tertiary/aromatic N) is 1. The molecule has 7 heteroatoms. The standard InChI is InChI=1S/C18H28N2O5/c1-10(2)17(22)20(8-9-24-6)13(5)16(21)14-11(3)15(18(23)25-7)19-12(14)4/h10,13,19H,8-9H2,1-7H3/t13-/m1/s1. The van der Waals surface area contributed by atoms with Crippen molar-refractivity contribution in [3.05, 3.63) is 22.5 Å². The molecule has 1 N–H and O–H groups in total. The summed E-state index contributed by atoms with van der Waals surface area (Å²) in [5, 5.41) is 0. The molecule has 1 rings (SSSR count). The molecule has 1 aromatic heterocycles. The predicted molar refractivity (Wildman–Crippen MR) is 93.8 cm³/mol. The zero-order valence-corrected chi connectivity index (χ0v) is 16.1. The fourth-order valence-electron chi connectivity index (χ4n) is 2.79. The van der Waals surface area contributed by atoms with Gasteiger partial charge in [-0.15, -0.1) is 0 Å². The number of aryl methyl sites for hydroxylation is 1. The third-order valence-corrected chi connectivity index (χ3v) is 4.23. The third-order valence-electron chi connectivity index (χ3n) is 4.23. The molecule has 1 atom stereocenters. The highest BCUT2D eigenvalue weighted by atomic mass is 16.5. The molecule has 0 aliphatic carbocycles. The van der Waals surface area contributed by atoms with Gasteiger partial charge in [-0.2, -0.15) is 0 Å². The lowest BCUT2D eigenvalue weighted by molar-refractivity contribution is -0.136. The fourth-order valence-corrected chi connectivity index (χ4v) is 2.79. The van der Waals surface area contributed by atoms with E-state index in [0.29, 0.717) is 30.0 Å². The second kappa shape index (κ2) is 8.80. The number of aromatic amines is 1. The first-order chi connectivity index (χ1) is 11.7. The van der Waals surface area contributed by atoms with E-state index >= 15 is 0 Å². The number of rotatable bonds is 8. The van der Waals surface area contributed by atoms with Gasteiger partial charge in [0.2, 0.25) is 5.91 Å². The quantitative estimate of drug-likeness (QED) is 0.572. The summed E-state index contributed by atoms with van der Waals surface area (Å²) in [6.45, 7) is 9.37. The molecule has 0 unspecified atom stereocenters. The molecule has 1 aromatic rings. The van der Waals surface area contributed by atoms with Gasteiger partial charge in [0, 0.05) is 30.8 Å². The first-order valence-electron chi connectivity index (χ1n) is 8.28. The van der Waals surface area contributed by atoms with Gasteiger partial charge in [0.25, 0.3) is 0 Å². The van der Waals surface area contributed by atoms with Crippen molar-refractivity contribution in [2.45, 2.75) is 40.7 Å². The Kier molecular flexibility index (Phi) is 7.36. The Morgan fingerprint density at radius 1 is 1.12 bits per heavy atom. The Bertz CT molecular complexity index is 648. The maximum Gasteiger partial charge on any atom is 0.354 e. The summed E-state index contributed by atoms with van der Waals surface area (Å²) < 4.78 is 9.80. The molecule has 25 heavy (non-hydrogen) atoms. The molecule has 0 spiro atoms. The molecule has 0 saturated carbocycles. The van der Waals surface area contributed by atoms with Crippen molar-refractivity contribution in [2.24, 2.45) is 5.92 Å². The van der Waals surface area contributed by atoms with Gasteiger partial charge in [-0.25, -0.2) is 4.79 Å². The molecule has 0 aliphatic rings. The van der Waals surface area contributed by atoms with Crippen LogP contribution in [0.3, 0.4) is 0 Å². The smallest absolute Gasteiger partial charge is 0.354 e. The molecular formula is C18H28N2O5. The summed E-state index contributed by atoms with van der Waals surface area (Å²) in [4.78, 5) is 41.8. The number of Topliss-reactive ketones (excluding diaryl/α,β-unsaturated/α-hetero) is 1. The summed E-state index contributed by atoms with van der Waals surface area (Å²) in [5.41, 5.74) is 1.80. The second-order valence-electron chi connectivity index (χ2n) is 6.34. The summed E-state index contributed by atoms with van der Waals surface area (Å²) in [6, 6.07) is -0.663. The summed E-state index contributed by atoms with van der Waals surface area (Å²) >= 11 is 0. The highest BCUT2D eigenvalue weighted by molar-refractivity contribution is 6.06. The van der Waals surface area contributed by atoms with Crippen molar-refractivity contribution in [2.75, 3.05) is 27.4 Å². The Morgan fingerprint density at radius 2 is 1.72 bits per heavy atom. The number of carbonyl (C=O) groups is 3. The number of nitrogens with one attached hydrogen (secondary N) is 1. The molecule has 140 valence electrons. The van der Waals surface area contributed by atoms with E-state index in [4.69, 9.17) is 9.47 Å². The summed E-state index contributed by atoms with van der Waals surface area (Å²) in [7, 11) is 2.84. The van der Waals surface area contributed by atoms with Crippen molar-refractivity contribution >= 4 is 17.7 Å². The van der Waals surface area contributed by atoms with Gasteiger partial charge in [-0.3, -0.25) is 9.59 Å². The van der Waals surface area contributed by atoms with Crippen molar-refractivity contribution in [1.29, 1.82) is 0 Å². The lowest BCUT2D eigenvalue weighted by Crippen LogP contribution is -2.46. The van der Waals surface area contributed by atoms with E-state index in [1.165, 1.54) is 12.0 Å². The average molecular weight is 352 g/mol. The highest BCUT2D eigenvalue weighted by Gasteiger charge is 2.31. The monoisotopic (exact) mass is 352 g/mol. The molecule has 0 bridgehead atoms. The number of ether oxygens (including phenoxy) is 2. The maximum absolute atomic E-state index is 13.0. The van der Waals surface area contributed by atoms with Gasteiger partial charge >= 0.3 is 5.97 Å². The van der Waals surface area contributed by atoms with E-state index < -0.39 is 12.0 Å². The zero-order chi connectivity index (χ0) is 19.3.